The molecule has 0 saturated heterocycles. The number of hydrogen-bond acceptors (Lipinski definition) is 3. The van der Waals surface area contributed by atoms with Gasteiger partial charge in [0, 0.05) is 10.9 Å². The minimum atomic E-state index is 0.520. The fourth-order valence-corrected chi connectivity index (χ4v) is 2.25. The molecule has 0 aliphatic carbocycles. The van der Waals surface area contributed by atoms with Crippen LogP contribution in [0.4, 0.5) is 5.82 Å². The largest absolute Gasteiger partial charge is 0.383 e. The average molecular weight is 263 g/mol. The number of nitrogens with zero attached hydrogens (tertiary/aromatic N) is 2. The van der Waals surface area contributed by atoms with Crippen LogP contribution in [0.3, 0.4) is 0 Å². The number of fused-ring (bicyclic) bond motifs is 1. The summed E-state index contributed by atoms with van der Waals surface area (Å²) in [5.41, 5.74) is 9.20. The van der Waals surface area contributed by atoms with Gasteiger partial charge in [0.05, 0.1) is 5.52 Å². The predicted octanol–water partition coefficient (Wildman–Crippen LogP) is 4.00. The molecule has 0 fully saturated rings. The monoisotopic (exact) mass is 263 g/mol. The summed E-state index contributed by atoms with van der Waals surface area (Å²) in [6, 6.07) is 16.1. The van der Waals surface area contributed by atoms with Crippen LogP contribution in [-0.2, 0) is 0 Å². The summed E-state index contributed by atoms with van der Waals surface area (Å²) in [6.07, 6.45) is 0. The SMILES string of the molecule is CC(C)c1ccc(-c2nc(N)c3ccccc3n2)cc1. The van der Waals surface area contributed by atoms with Gasteiger partial charge in [0.1, 0.15) is 5.82 Å². The first-order valence-corrected chi connectivity index (χ1v) is 6.78. The predicted molar refractivity (Wildman–Crippen MR) is 83.5 cm³/mol. The van der Waals surface area contributed by atoms with Crippen LogP contribution < -0.4 is 5.73 Å². The second kappa shape index (κ2) is 4.93. The molecular weight excluding hydrogens is 246 g/mol. The summed E-state index contributed by atoms with van der Waals surface area (Å²) in [5.74, 6) is 1.72. The van der Waals surface area contributed by atoms with Crippen molar-refractivity contribution in [3.63, 3.8) is 0 Å². The number of para-hydroxylation sites is 1. The van der Waals surface area contributed by atoms with Crippen LogP contribution in [0.25, 0.3) is 22.3 Å². The van der Waals surface area contributed by atoms with Crippen LogP contribution in [0.1, 0.15) is 25.3 Å². The first-order valence-electron chi connectivity index (χ1n) is 6.78. The minimum absolute atomic E-state index is 0.520. The Kier molecular flexibility index (Phi) is 3.11. The lowest BCUT2D eigenvalue weighted by Crippen LogP contribution is -1.98. The normalized spacial score (nSPS) is 11.2. The lowest BCUT2D eigenvalue weighted by atomic mass is 10.0. The van der Waals surface area contributed by atoms with E-state index in [2.05, 4.69) is 48.1 Å². The van der Waals surface area contributed by atoms with E-state index in [1.54, 1.807) is 0 Å². The lowest BCUT2D eigenvalue weighted by molar-refractivity contribution is 0.867. The molecule has 3 rings (SSSR count). The van der Waals surface area contributed by atoms with Gasteiger partial charge >= 0.3 is 0 Å². The van der Waals surface area contributed by atoms with Crippen LogP contribution in [-0.4, -0.2) is 9.97 Å². The fourth-order valence-electron chi connectivity index (χ4n) is 2.25. The Balaban J connectivity index is 2.10. The van der Waals surface area contributed by atoms with Gasteiger partial charge in [-0.15, -0.1) is 0 Å². The highest BCUT2D eigenvalue weighted by atomic mass is 14.9. The molecule has 20 heavy (non-hydrogen) atoms. The average Bonchev–Trinajstić information content (AvgIpc) is 2.47. The van der Waals surface area contributed by atoms with E-state index in [9.17, 15) is 0 Å². The number of nitrogen functional groups attached to an aromatic ring is 1. The number of aromatic nitrogens is 2. The number of nitrogens with two attached hydrogens (primary N) is 1. The number of rotatable bonds is 2. The third kappa shape index (κ3) is 2.23. The summed E-state index contributed by atoms with van der Waals surface area (Å²) >= 11 is 0. The van der Waals surface area contributed by atoms with Gasteiger partial charge in [0.25, 0.3) is 0 Å². The maximum absolute atomic E-state index is 6.02. The molecule has 100 valence electrons. The summed E-state index contributed by atoms with van der Waals surface area (Å²) in [6.45, 7) is 4.36. The maximum atomic E-state index is 6.02. The van der Waals surface area contributed by atoms with Crippen molar-refractivity contribution in [3.05, 3.63) is 54.1 Å². The van der Waals surface area contributed by atoms with Crippen molar-refractivity contribution in [1.29, 1.82) is 0 Å². The van der Waals surface area contributed by atoms with Crippen molar-refractivity contribution >= 4 is 16.7 Å². The smallest absolute Gasteiger partial charge is 0.162 e. The van der Waals surface area contributed by atoms with Gasteiger partial charge in [0.15, 0.2) is 5.82 Å². The molecule has 0 bridgehead atoms. The zero-order chi connectivity index (χ0) is 14.1. The zero-order valence-electron chi connectivity index (χ0n) is 11.7. The Labute approximate surface area is 118 Å². The van der Waals surface area contributed by atoms with Crippen molar-refractivity contribution in [3.8, 4) is 11.4 Å². The maximum Gasteiger partial charge on any atom is 0.162 e. The lowest BCUT2D eigenvalue weighted by Gasteiger charge is -2.08. The van der Waals surface area contributed by atoms with Gasteiger partial charge in [-0.1, -0.05) is 50.2 Å². The van der Waals surface area contributed by atoms with E-state index in [0.717, 1.165) is 16.5 Å². The summed E-state index contributed by atoms with van der Waals surface area (Å²) in [5, 5.41) is 0.898. The van der Waals surface area contributed by atoms with Crippen LogP contribution >= 0.6 is 0 Å². The molecule has 0 amide bonds. The highest BCUT2D eigenvalue weighted by molar-refractivity contribution is 5.89. The molecule has 0 atom stereocenters. The molecule has 3 nitrogen and oxygen atoms in total. The molecule has 0 aliphatic rings. The molecule has 1 aromatic heterocycles. The second-order valence-corrected chi connectivity index (χ2v) is 5.23. The third-order valence-corrected chi connectivity index (χ3v) is 3.47. The Morgan fingerprint density at radius 1 is 0.900 bits per heavy atom. The van der Waals surface area contributed by atoms with E-state index in [-0.39, 0.29) is 0 Å². The van der Waals surface area contributed by atoms with Crippen LogP contribution in [0.2, 0.25) is 0 Å². The Morgan fingerprint density at radius 2 is 1.60 bits per heavy atom. The minimum Gasteiger partial charge on any atom is -0.383 e. The molecule has 0 spiro atoms. The van der Waals surface area contributed by atoms with Crippen molar-refractivity contribution in [2.75, 3.05) is 5.73 Å². The molecular formula is C17H17N3. The van der Waals surface area contributed by atoms with E-state index in [1.807, 2.05) is 24.3 Å². The van der Waals surface area contributed by atoms with Crippen molar-refractivity contribution < 1.29 is 0 Å². The topological polar surface area (TPSA) is 51.8 Å². The standard InChI is InChI=1S/C17H17N3/c1-11(2)12-7-9-13(10-8-12)17-19-15-6-4-3-5-14(15)16(18)20-17/h3-11H,1-2H3,(H2,18,19,20). The molecule has 3 heteroatoms. The third-order valence-electron chi connectivity index (χ3n) is 3.47. The summed E-state index contributed by atoms with van der Waals surface area (Å²) in [4.78, 5) is 9.00. The molecule has 0 aliphatic heterocycles. The Morgan fingerprint density at radius 3 is 2.30 bits per heavy atom. The number of hydrogen-bond donors (Lipinski definition) is 1. The van der Waals surface area contributed by atoms with Crippen molar-refractivity contribution in [2.24, 2.45) is 0 Å². The molecule has 0 unspecified atom stereocenters. The Bertz CT molecular complexity index is 746. The van der Waals surface area contributed by atoms with E-state index in [0.29, 0.717) is 17.6 Å². The van der Waals surface area contributed by atoms with Crippen molar-refractivity contribution in [1.82, 2.24) is 9.97 Å². The molecule has 2 N–H and O–H groups in total. The summed E-state index contributed by atoms with van der Waals surface area (Å²) in [7, 11) is 0. The molecule has 0 radical (unpaired) electrons. The molecule has 0 saturated carbocycles. The van der Waals surface area contributed by atoms with Gasteiger partial charge in [-0.3, -0.25) is 0 Å². The van der Waals surface area contributed by atoms with E-state index >= 15 is 0 Å². The van der Waals surface area contributed by atoms with Crippen LogP contribution in [0.15, 0.2) is 48.5 Å². The first-order chi connectivity index (χ1) is 9.65. The molecule has 1 heterocycles. The fraction of sp³-hybridized carbons (Fsp3) is 0.176. The van der Waals surface area contributed by atoms with E-state index in [4.69, 9.17) is 5.73 Å². The van der Waals surface area contributed by atoms with E-state index < -0.39 is 0 Å². The van der Waals surface area contributed by atoms with E-state index in [1.165, 1.54) is 5.56 Å². The van der Waals surface area contributed by atoms with Gasteiger partial charge in [0.2, 0.25) is 0 Å². The number of anilines is 1. The highest BCUT2D eigenvalue weighted by Crippen LogP contribution is 2.24. The second-order valence-electron chi connectivity index (χ2n) is 5.23. The zero-order valence-corrected chi connectivity index (χ0v) is 11.7. The van der Waals surface area contributed by atoms with Crippen LogP contribution in [0, 0.1) is 0 Å². The quantitative estimate of drug-likeness (QED) is 0.760. The molecule has 3 aromatic rings. The molecule has 2 aromatic carbocycles. The van der Waals surface area contributed by atoms with Gasteiger partial charge in [-0.2, -0.15) is 0 Å². The van der Waals surface area contributed by atoms with Gasteiger partial charge < -0.3 is 5.73 Å². The first kappa shape index (κ1) is 12.6. The van der Waals surface area contributed by atoms with Gasteiger partial charge in [-0.25, -0.2) is 9.97 Å². The van der Waals surface area contributed by atoms with Crippen molar-refractivity contribution in [2.45, 2.75) is 19.8 Å². The number of benzene rings is 2. The highest BCUT2D eigenvalue weighted by Gasteiger charge is 2.07. The van der Waals surface area contributed by atoms with Crippen LogP contribution in [0.5, 0.6) is 0 Å². The Hall–Kier alpha value is -2.42. The van der Waals surface area contributed by atoms with Gasteiger partial charge in [-0.05, 0) is 23.6 Å². The summed E-state index contributed by atoms with van der Waals surface area (Å²) < 4.78 is 0.